The molecule has 118 valence electrons. The molecular weight excluding hydrogens is 296 g/mol. The maximum atomic E-state index is 11.2. The summed E-state index contributed by atoms with van der Waals surface area (Å²) in [5.74, 6) is -0.427. The first kappa shape index (κ1) is 16.3. The molecule has 0 radical (unpaired) electrons. The lowest BCUT2D eigenvalue weighted by Gasteiger charge is -2.09. The summed E-state index contributed by atoms with van der Waals surface area (Å²) in [4.78, 5) is 22.2. The van der Waals surface area contributed by atoms with E-state index in [1.54, 1.807) is 42.5 Å². The molecule has 5 heteroatoms. The van der Waals surface area contributed by atoms with E-state index in [0.29, 0.717) is 0 Å². The Balaban J connectivity index is 2.26. The first-order chi connectivity index (χ1) is 10.9. The number of ether oxygens (including phenoxy) is 2. The Labute approximate surface area is 133 Å². The molecule has 23 heavy (non-hydrogen) atoms. The molecule has 0 aromatic heterocycles. The van der Waals surface area contributed by atoms with Crippen LogP contribution >= 0.6 is 0 Å². The zero-order chi connectivity index (χ0) is 16.8. The van der Waals surface area contributed by atoms with Gasteiger partial charge in [0.2, 0.25) is 0 Å². The van der Waals surface area contributed by atoms with Crippen molar-refractivity contribution in [1.82, 2.24) is 0 Å². The molecule has 1 N–H and O–H groups in total. The number of phenolic OH excluding ortho intramolecular Hbond substituents is 1. The van der Waals surface area contributed by atoms with Gasteiger partial charge in [0.05, 0.1) is 0 Å². The highest BCUT2D eigenvalue weighted by Crippen LogP contribution is 2.29. The number of esters is 2. The summed E-state index contributed by atoms with van der Waals surface area (Å²) in [7, 11) is 0. The van der Waals surface area contributed by atoms with Crippen LogP contribution in [0, 0.1) is 0 Å². The molecule has 2 aromatic carbocycles. The van der Waals surface area contributed by atoms with Gasteiger partial charge in [-0.25, -0.2) is 0 Å². The number of rotatable bonds is 4. The SMILES string of the molecule is CC(=O)Oc1ccc(/C=C/c2ccc(O)cc2)cc1OC(C)=O. The topological polar surface area (TPSA) is 72.8 Å². The monoisotopic (exact) mass is 312 g/mol. The number of hydrogen-bond acceptors (Lipinski definition) is 5. The minimum atomic E-state index is -0.502. The van der Waals surface area contributed by atoms with E-state index in [2.05, 4.69) is 0 Å². The Morgan fingerprint density at radius 3 is 1.96 bits per heavy atom. The van der Waals surface area contributed by atoms with E-state index in [-0.39, 0.29) is 17.2 Å². The fraction of sp³-hybridized carbons (Fsp3) is 0.111. The molecule has 0 spiro atoms. The first-order valence-electron chi connectivity index (χ1n) is 6.92. The number of aromatic hydroxyl groups is 1. The molecule has 0 amide bonds. The normalized spacial score (nSPS) is 10.5. The molecule has 5 nitrogen and oxygen atoms in total. The van der Waals surface area contributed by atoms with Gasteiger partial charge in [-0.3, -0.25) is 9.59 Å². The number of hydrogen-bond donors (Lipinski definition) is 1. The van der Waals surface area contributed by atoms with E-state index >= 15 is 0 Å². The highest BCUT2D eigenvalue weighted by atomic mass is 16.6. The lowest BCUT2D eigenvalue weighted by Crippen LogP contribution is -2.07. The number of carbonyl (C=O) groups excluding carboxylic acids is 2. The molecule has 0 atom stereocenters. The summed E-state index contributed by atoms with van der Waals surface area (Å²) in [6.07, 6.45) is 3.66. The maximum absolute atomic E-state index is 11.2. The van der Waals surface area contributed by atoms with Crippen LogP contribution in [0.1, 0.15) is 25.0 Å². The van der Waals surface area contributed by atoms with Crippen LogP contribution in [0.4, 0.5) is 0 Å². The third-order valence-corrected chi connectivity index (χ3v) is 2.84. The zero-order valence-electron chi connectivity index (χ0n) is 12.8. The fourth-order valence-corrected chi connectivity index (χ4v) is 1.88. The van der Waals surface area contributed by atoms with E-state index in [1.807, 2.05) is 12.2 Å². The second-order valence-electron chi connectivity index (χ2n) is 4.82. The van der Waals surface area contributed by atoms with Crippen LogP contribution < -0.4 is 9.47 Å². The molecule has 0 unspecified atom stereocenters. The van der Waals surface area contributed by atoms with Gasteiger partial charge in [0.1, 0.15) is 5.75 Å². The Morgan fingerprint density at radius 1 is 0.826 bits per heavy atom. The largest absolute Gasteiger partial charge is 0.508 e. The Morgan fingerprint density at radius 2 is 1.35 bits per heavy atom. The van der Waals surface area contributed by atoms with E-state index in [0.717, 1.165) is 11.1 Å². The van der Waals surface area contributed by atoms with Crippen LogP contribution in [0.5, 0.6) is 17.2 Å². The second kappa shape index (κ2) is 7.26. The van der Waals surface area contributed by atoms with Gasteiger partial charge in [0, 0.05) is 13.8 Å². The van der Waals surface area contributed by atoms with Gasteiger partial charge in [0.15, 0.2) is 11.5 Å². The van der Waals surface area contributed by atoms with Crippen LogP contribution in [-0.4, -0.2) is 17.0 Å². The lowest BCUT2D eigenvalue weighted by molar-refractivity contribution is -0.134. The van der Waals surface area contributed by atoms with Gasteiger partial charge in [-0.1, -0.05) is 30.4 Å². The van der Waals surface area contributed by atoms with Crippen molar-refractivity contribution < 1.29 is 24.2 Å². The van der Waals surface area contributed by atoms with E-state index in [9.17, 15) is 14.7 Å². The van der Waals surface area contributed by atoms with Crippen molar-refractivity contribution in [2.24, 2.45) is 0 Å². The first-order valence-corrected chi connectivity index (χ1v) is 6.92. The highest BCUT2D eigenvalue weighted by molar-refractivity contribution is 5.76. The number of carbonyl (C=O) groups is 2. The average molecular weight is 312 g/mol. The molecule has 0 fully saturated rings. The Kier molecular flexibility index (Phi) is 5.15. The molecule has 0 aliphatic rings. The standard InChI is InChI=1S/C18H16O5/c1-12(19)22-17-10-7-15(11-18(17)23-13(2)20)4-3-14-5-8-16(21)9-6-14/h3-11,21H,1-2H3/b4-3+. The predicted octanol–water partition coefficient (Wildman–Crippen LogP) is 3.41. The van der Waals surface area contributed by atoms with Gasteiger partial charge in [0.25, 0.3) is 0 Å². The van der Waals surface area contributed by atoms with Gasteiger partial charge in [-0.2, -0.15) is 0 Å². The van der Waals surface area contributed by atoms with Gasteiger partial charge < -0.3 is 14.6 Å². The third-order valence-electron chi connectivity index (χ3n) is 2.84. The van der Waals surface area contributed by atoms with Crippen molar-refractivity contribution in [3.05, 3.63) is 53.6 Å². The summed E-state index contributed by atoms with van der Waals surface area (Å²) in [6.45, 7) is 2.55. The molecule has 2 aromatic rings. The average Bonchev–Trinajstić information content (AvgIpc) is 2.48. The van der Waals surface area contributed by atoms with Crippen LogP contribution in [-0.2, 0) is 9.59 Å². The quantitative estimate of drug-likeness (QED) is 0.532. The van der Waals surface area contributed by atoms with E-state index < -0.39 is 11.9 Å². The Hall–Kier alpha value is -3.08. The van der Waals surface area contributed by atoms with Gasteiger partial charge in [-0.15, -0.1) is 0 Å². The summed E-state index contributed by atoms with van der Waals surface area (Å²) < 4.78 is 10.1. The molecule has 0 saturated heterocycles. The smallest absolute Gasteiger partial charge is 0.308 e. The van der Waals surface area contributed by atoms with Crippen LogP contribution in [0.15, 0.2) is 42.5 Å². The van der Waals surface area contributed by atoms with Crippen molar-refractivity contribution in [3.63, 3.8) is 0 Å². The van der Waals surface area contributed by atoms with Crippen molar-refractivity contribution in [2.45, 2.75) is 13.8 Å². The van der Waals surface area contributed by atoms with Crippen LogP contribution in [0.3, 0.4) is 0 Å². The minimum absolute atomic E-state index is 0.181. The summed E-state index contributed by atoms with van der Waals surface area (Å²) >= 11 is 0. The van der Waals surface area contributed by atoms with Crippen molar-refractivity contribution in [2.75, 3.05) is 0 Å². The molecule has 0 aliphatic heterocycles. The molecule has 0 heterocycles. The van der Waals surface area contributed by atoms with Crippen molar-refractivity contribution in [3.8, 4) is 17.2 Å². The zero-order valence-corrected chi connectivity index (χ0v) is 12.8. The molecule has 0 aliphatic carbocycles. The fourth-order valence-electron chi connectivity index (χ4n) is 1.88. The Bertz CT molecular complexity index is 745. The highest BCUT2D eigenvalue weighted by Gasteiger charge is 2.10. The molecular formula is C18H16O5. The molecule has 0 bridgehead atoms. The minimum Gasteiger partial charge on any atom is -0.508 e. The van der Waals surface area contributed by atoms with E-state index in [4.69, 9.17) is 9.47 Å². The predicted molar refractivity (Wildman–Crippen MR) is 86.1 cm³/mol. The second-order valence-corrected chi connectivity index (χ2v) is 4.82. The maximum Gasteiger partial charge on any atom is 0.308 e. The number of phenols is 1. The third kappa shape index (κ3) is 5.00. The van der Waals surface area contributed by atoms with Gasteiger partial charge in [-0.05, 0) is 35.4 Å². The summed E-state index contributed by atoms with van der Waals surface area (Å²) in [5.41, 5.74) is 1.67. The summed E-state index contributed by atoms with van der Waals surface area (Å²) in [5, 5.41) is 9.25. The van der Waals surface area contributed by atoms with Crippen LogP contribution in [0.25, 0.3) is 12.2 Å². The van der Waals surface area contributed by atoms with Crippen molar-refractivity contribution in [1.29, 1.82) is 0 Å². The summed E-state index contributed by atoms with van der Waals surface area (Å²) in [6, 6.07) is 11.6. The van der Waals surface area contributed by atoms with E-state index in [1.165, 1.54) is 13.8 Å². The van der Waals surface area contributed by atoms with Gasteiger partial charge >= 0.3 is 11.9 Å². The molecule has 2 rings (SSSR count). The lowest BCUT2D eigenvalue weighted by atomic mass is 10.1. The van der Waals surface area contributed by atoms with Crippen LogP contribution in [0.2, 0.25) is 0 Å². The number of benzene rings is 2. The molecule has 0 saturated carbocycles. The van der Waals surface area contributed by atoms with Crippen molar-refractivity contribution >= 4 is 24.1 Å².